The molecule has 0 atom stereocenters. The van der Waals surface area contributed by atoms with Crippen LogP contribution >= 0.6 is 32.2 Å². The fourth-order valence-electron chi connectivity index (χ4n) is 1.42. The molecule has 60 valence electrons. The van der Waals surface area contributed by atoms with Crippen LogP contribution in [0.25, 0.3) is 0 Å². The van der Waals surface area contributed by atoms with Gasteiger partial charge < -0.3 is 0 Å². The summed E-state index contributed by atoms with van der Waals surface area (Å²) < 4.78 is 0.716. The van der Waals surface area contributed by atoms with Gasteiger partial charge in [0.05, 0.1) is 0 Å². The van der Waals surface area contributed by atoms with Crippen molar-refractivity contribution in [3.8, 4) is 0 Å². The minimum atomic E-state index is -2.10. The van der Waals surface area contributed by atoms with Gasteiger partial charge in [-0.1, -0.05) is 0 Å². The van der Waals surface area contributed by atoms with Crippen LogP contribution in [0, 0.1) is 0 Å². The number of hydrogen-bond donors (Lipinski definition) is 2. The minimum absolute atomic E-state index is 0.716. The van der Waals surface area contributed by atoms with Crippen molar-refractivity contribution in [2.24, 2.45) is 0 Å². The summed E-state index contributed by atoms with van der Waals surface area (Å²) in [6.07, 6.45) is 6.69. The Morgan fingerprint density at radius 3 is 1.90 bits per heavy atom. The van der Waals surface area contributed by atoms with Crippen LogP contribution in [-0.2, 0) is 0 Å². The zero-order valence-electron chi connectivity index (χ0n) is 5.86. The first-order chi connectivity index (χ1) is 4.61. The van der Waals surface area contributed by atoms with Crippen molar-refractivity contribution in [3.05, 3.63) is 0 Å². The predicted octanol–water partition coefficient (Wildman–Crippen LogP) is 3.32. The van der Waals surface area contributed by atoms with Gasteiger partial charge in [-0.25, -0.2) is 0 Å². The summed E-state index contributed by atoms with van der Waals surface area (Å²) in [6.45, 7) is 0. The fourth-order valence-corrected chi connectivity index (χ4v) is 7.09. The van der Waals surface area contributed by atoms with Crippen LogP contribution in [-0.4, -0.2) is 9.56 Å². The number of hydrogen-bond acceptors (Lipinski definition) is 1. The monoisotopic (exact) mass is 256 g/mol. The van der Waals surface area contributed by atoms with E-state index in [1.165, 1.54) is 32.1 Å². The van der Waals surface area contributed by atoms with E-state index < -0.39 is 9.56 Å². The second-order valence-electron chi connectivity index (χ2n) is 2.88. The maximum atomic E-state index is 5.31. The SMILES string of the molecule is S=[As](S)(S)C1CCCCC1. The molecule has 0 radical (unpaired) electrons. The summed E-state index contributed by atoms with van der Waals surface area (Å²) in [5.74, 6) is 0. The van der Waals surface area contributed by atoms with Crippen LogP contribution in [0.5, 0.6) is 0 Å². The molecule has 10 heavy (non-hydrogen) atoms. The molecule has 0 saturated heterocycles. The Morgan fingerprint density at radius 1 is 1.10 bits per heavy atom. The molecule has 0 amide bonds. The second kappa shape index (κ2) is 3.93. The summed E-state index contributed by atoms with van der Waals surface area (Å²) in [4.78, 5) is 0. The normalized spacial score (nSPS) is 23.0. The Hall–Kier alpha value is 1.48. The molecule has 0 aromatic heterocycles. The Labute approximate surface area is 78.2 Å². The summed E-state index contributed by atoms with van der Waals surface area (Å²) in [7, 11) is 12.1. The molecule has 0 nitrogen and oxygen atoms in total. The van der Waals surface area contributed by atoms with E-state index in [-0.39, 0.29) is 0 Å². The molecule has 0 aromatic rings. The van der Waals surface area contributed by atoms with E-state index in [1.54, 1.807) is 0 Å². The average molecular weight is 256 g/mol. The topological polar surface area (TPSA) is 0 Å². The van der Waals surface area contributed by atoms with Gasteiger partial charge in [0.25, 0.3) is 0 Å². The predicted molar refractivity (Wildman–Crippen MR) is 58.2 cm³/mol. The summed E-state index contributed by atoms with van der Waals surface area (Å²) in [5, 5.41) is 0. The van der Waals surface area contributed by atoms with Crippen molar-refractivity contribution < 1.29 is 0 Å². The van der Waals surface area contributed by atoms with Crippen molar-refractivity contribution in [1.82, 2.24) is 0 Å². The summed E-state index contributed by atoms with van der Waals surface area (Å²) in [5.41, 5.74) is 0. The molecule has 0 unspecified atom stereocenters. The Bertz CT molecular complexity index is 145. The van der Waals surface area contributed by atoms with Crippen molar-refractivity contribution in [1.29, 1.82) is 0 Å². The van der Waals surface area contributed by atoms with Gasteiger partial charge in [0.15, 0.2) is 0 Å². The van der Waals surface area contributed by atoms with Crippen LogP contribution in [0.15, 0.2) is 0 Å². The van der Waals surface area contributed by atoms with E-state index in [4.69, 9.17) is 10.4 Å². The van der Waals surface area contributed by atoms with E-state index in [1.807, 2.05) is 0 Å². The van der Waals surface area contributed by atoms with Gasteiger partial charge in [0.2, 0.25) is 0 Å². The van der Waals surface area contributed by atoms with Gasteiger partial charge in [-0.05, 0) is 0 Å². The fraction of sp³-hybridized carbons (Fsp3) is 1.00. The van der Waals surface area contributed by atoms with E-state index >= 15 is 0 Å². The molecule has 1 rings (SSSR count). The third-order valence-electron chi connectivity index (χ3n) is 2.05. The van der Waals surface area contributed by atoms with Crippen LogP contribution in [0.2, 0.25) is 4.71 Å². The van der Waals surface area contributed by atoms with E-state index in [0.29, 0.717) is 4.71 Å². The van der Waals surface area contributed by atoms with E-state index in [0.717, 1.165) is 0 Å². The Kier molecular flexibility index (Phi) is 3.76. The number of rotatable bonds is 1. The maximum absolute atomic E-state index is 5.31. The molecule has 0 bridgehead atoms. The van der Waals surface area contributed by atoms with Gasteiger partial charge >= 0.3 is 78.5 Å². The molecule has 0 aromatic carbocycles. The first kappa shape index (κ1) is 9.57. The molecule has 1 aliphatic rings. The van der Waals surface area contributed by atoms with Crippen molar-refractivity contribution in [2.75, 3.05) is 0 Å². The van der Waals surface area contributed by atoms with Gasteiger partial charge in [-0.15, -0.1) is 0 Å². The van der Waals surface area contributed by atoms with Gasteiger partial charge in [-0.3, -0.25) is 0 Å². The summed E-state index contributed by atoms with van der Waals surface area (Å²) >= 11 is 0. The molecule has 0 spiro atoms. The molecular weight excluding hydrogens is 243 g/mol. The van der Waals surface area contributed by atoms with Crippen molar-refractivity contribution >= 4 is 41.7 Å². The molecule has 0 heterocycles. The van der Waals surface area contributed by atoms with Crippen LogP contribution < -0.4 is 0 Å². The third-order valence-corrected chi connectivity index (χ3v) is 10.1. The molecule has 1 saturated carbocycles. The first-order valence-electron chi connectivity index (χ1n) is 3.66. The van der Waals surface area contributed by atoms with E-state index in [2.05, 4.69) is 21.8 Å². The van der Waals surface area contributed by atoms with Crippen LogP contribution in [0.4, 0.5) is 0 Å². The zero-order chi connectivity index (χ0) is 7.61. The molecule has 0 N–H and O–H groups in total. The quantitative estimate of drug-likeness (QED) is 0.536. The van der Waals surface area contributed by atoms with Gasteiger partial charge in [0.1, 0.15) is 0 Å². The second-order valence-corrected chi connectivity index (χ2v) is 20.9. The molecular formula is C6H13AsS3. The third kappa shape index (κ3) is 2.84. The van der Waals surface area contributed by atoms with Gasteiger partial charge in [0, 0.05) is 0 Å². The molecule has 0 aliphatic heterocycles. The molecule has 1 aliphatic carbocycles. The van der Waals surface area contributed by atoms with E-state index in [9.17, 15) is 0 Å². The van der Waals surface area contributed by atoms with Crippen LogP contribution in [0.3, 0.4) is 0 Å². The van der Waals surface area contributed by atoms with Crippen LogP contribution in [0.1, 0.15) is 32.1 Å². The standard InChI is InChI=1S/C6H13AsS3/c8-7(9,10)6-4-2-1-3-5-6/h6H,1-5H2,(H2,8,9,10). The Balaban J connectivity index is 2.47. The van der Waals surface area contributed by atoms with Gasteiger partial charge in [-0.2, -0.15) is 0 Å². The molecule has 1 fully saturated rings. The average Bonchev–Trinajstić information content (AvgIpc) is 1.88. The van der Waals surface area contributed by atoms with Crippen molar-refractivity contribution in [2.45, 2.75) is 36.8 Å². The molecule has 4 heteroatoms. The first-order valence-corrected chi connectivity index (χ1v) is 13.2. The Morgan fingerprint density at radius 2 is 1.60 bits per heavy atom. The number of thiol groups is 2. The zero-order valence-corrected chi connectivity index (χ0v) is 10.3. The van der Waals surface area contributed by atoms with Crippen molar-refractivity contribution in [3.63, 3.8) is 0 Å². The summed E-state index contributed by atoms with van der Waals surface area (Å²) in [6, 6.07) is 0.